The van der Waals surface area contributed by atoms with Crippen molar-refractivity contribution in [2.24, 2.45) is 0 Å². The summed E-state index contributed by atoms with van der Waals surface area (Å²) in [5.74, 6) is 0.714. The van der Waals surface area contributed by atoms with E-state index < -0.39 is 18.0 Å². The number of nitrogens with zero attached hydrogens (tertiary/aromatic N) is 5. The van der Waals surface area contributed by atoms with E-state index in [2.05, 4.69) is 19.9 Å². The summed E-state index contributed by atoms with van der Waals surface area (Å²) in [5, 5.41) is 11.9. The molecule has 0 amide bonds. The van der Waals surface area contributed by atoms with Crippen LogP contribution in [0.25, 0.3) is 50.0 Å². The maximum absolute atomic E-state index is 15.2. The molecule has 0 spiro atoms. The molecule has 7 rings (SSSR count). The van der Waals surface area contributed by atoms with Crippen molar-refractivity contribution in [2.75, 3.05) is 24.7 Å². The normalized spacial score (nSPS) is 13.2. The molecule has 2 aromatic carbocycles. The summed E-state index contributed by atoms with van der Waals surface area (Å²) in [7, 11) is 3.85. The zero-order valence-electron chi connectivity index (χ0n) is 23.1. The van der Waals surface area contributed by atoms with Gasteiger partial charge in [0.15, 0.2) is 0 Å². The van der Waals surface area contributed by atoms with Gasteiger partial charge in [-0.3, -0.25) is 9.36 Å². The fraction of sp³-hybridized carbons (Fsp3) is 0.188. The van der Waals surface area contributed by atoms with Crippen molar-refractivity contribution in [3.63, 3.8) is 0 Å². The van der Waals surface area contributed by atoms with Crippen molar-refractivity contribution in [3.05, 3.63) is 94.3 Å². The predicted octanol–water partition coefficient (Wildman–Crippen LogP) is 5.15. The summed E-state index contributed by atoms with van der Waals surface area (Å²) in [6, 6.07) is 16.2. The Balaban J connectivity index is 1.38. The van der Waals surface area contributed by atoms with Crippen LogP contribution in [-0.2, 0) is 6.61 Å². The van der Waals surface area contributed by atoms with Gasteiger partial charge in [-0.1, -0.05) is 18.2 Å². The van der Waals surface area contributed by atoms with Gasteiger partial charge in [-0.25, -0.2) is 14.4 Å². The zero-order valence-corrected chi connectivity index (χ0v) is 23.1. The van der Waals surface area contributed by atoms with Crippen LogP contribution in [0.15, 0.2) is 71.8 Å². The number of pyridine rings is 2. The molecule has 4 N–H and O–H groups in total. The van der Waals surface area contributed by atoms with E-state index in [4.69, 9.17) is 5.73 Å². The smallest absolute Gasteiger partial charge is 0.265 e. The van der Waals surface area contributed by atoms with Crippen LogP contribution < -0.4 is 16.2 Å². The number of fused-ring (bicyclic) bond motifs is 2. The maximum atomic E-state index is 15.2. The largest absolute Gasteiger partial charge is 0.392 e. The number of nitrogens with one attached hydrogen (secondary N) is 1. The summed E-state index contributed by atoms with van der Waals surface area (Å²) < 4.78 is 16.6. The van der Waals surface area contributed by atoms with E-state index >= 15 is 4.39 Å². The van der Waals surface area contributed by atoms with Gasteiger partial charge in [-0.2, -0.15) is 4.98 Å². The van der Waals surface area contributed by atoms with Crippen LogP contribution in [0, 0.1) is 5.82 Å². The highest BCUT2D eigenvalue weighted by Gasteiger charge is 2.25. The molecule has 4 aromatic heterocycles. The van der Waals surface area contributed by atoms with Crippen molar-refractivity contribution in [2.45, 2.75) is 25.4 Å². The Morgan fingerprint density at radius 2 is 1.95 bits per heavy atom. The first kappa shape index (κ1) is 25.8. The molecule has 0 radical (unpaired) electrons. The van der Waals surface area contributed by atoms with Gasteiger partial charge in [-0.05, 0) is 66.1 Å². The number of aromatic nitrogens is 5. The molecule has 0 saturated heterocycles. The molecule has 42 heavy (non-hydrogen) atoms. The van der Waals surface area contributed by atoms with Gasteiger partial charge in [0.05, 0.1) is 23.4 Å². The Labute approximate surface area is 240 Å². The summed E-state index contributed by atoms with van der Waals surface area (Å²) >= 11 is 0. The molecule has 1 aliphatic carbocycles. The van der Waals surface area contributed by atoms with Crippen LogP contribution in [0.4, 0.5) is 16.2 Å². The van der Waals surface area contributed by atoms with Crippen molar-refractivity contribution in [1.82, 2.24) is 24.5 Å². The van der Waals surface area contributed by atoms with E-state index in [1.165, 1.54) is 10.6 Å². The van der Waals surface area contributed by atoms with E-state index in [0.29, 0.717) is 44.8 Å². The number of aliphatic hydroxyl groups excluding tert-OH is 1. The fourth-order valence-electron chi connectivity index (χ4n) is 5.58. The second-order valence-corrected chi connectivity index (χ2v) is 10.9. The third-order valence-corrected chi connectivity index (χ3v) is 7.87. The average Bonchev–Trinajstić information content (AvgIpc) is 3.75. The third-order valence-electron chi connectivity index (χ3n) is 7.87. The molecule has 1 aliphatic rings. The first-order valence-electron chi connectivity index (χ1n) is 13.7. The standard InChI is InChI=1S/C32H28FN7O2/c1-39(2)27-9-8-19(15-35-27)25-14-22-29(37-32(34)38-30(22)36-25)21-4-3-5-26(23(21)16-41)40-11-10-18-12-20(17-6-7-17)13-24(33)28(18)31(40)42/h3-5,8-15,17,41H,6-7,16H2,1-2H3,(H3,34,36,37,38). The van der Waals surface area contributed by atoms with E-state index in [-0.39, 0.29) is 11.3 Å². The number of nitrogens with two attached hydrogens (primary N) is 1. The number of hydrogen-bond acceptors (Lipinski definition) is 7. The van der Waals surface area contributed by atoms with E-state index in [1.54, 1.807) is 30.6 Å². The predicted molar refractivity (Wildman–Crippen MR) is 162 cm³/mol. The highest BCUT2D eigenvalue weighted by molar-refractivity contribution is 5.96. The zero-order chi connectivity index (χ0) is 29.1. The SMILES string of the molecule is CN(C)c1ccc(-c2cc3c(-c4cccc(-n5ccc6cc(C7CC7)cc(F)c6c5=O)c4CO)nc(N)nc3[nH]2)cn1. The molecule has 0 atom stereocenters. The lowest BCUT2D eigenvalue weighted by Gasteiger charge is -2.16. The van der Waals surface area contributed by atoms with E-state index in [1.807, 2.05) is 49.3 Å². The number of nitrogen functional groups attached to an aromatic ring is 1. The van der Waals surface area contributed by atoms with Crippen LogP contribution in [0.1, 0.15) is 29.9 Å². The molecule has 1 fully saturated rings. The summed E-state index contributed by atoms with van der Waals surface area (Å²) in [4.78, 5) is 32.3. The van der Waals surface area contributed by atoms with Gasteiger partial charge < -0.3 is 20.7 Å². The van der Waals surface area contributed by atoms with E-state index in [9.17, 15) is 9.90 Å². The Morgan fingerprint density at radius 1 is 1.12 bits per heavy atom. The van der Waals surface area contributed by atoms with Crippen molar-refractivity contribution in [1.29, 1.82) is 0 Å². The lowest BCUT2D eigenvalue weighted by Crippen LogP contribution is -2.20. The van der Waals surface area contributed by atoms with Crippen molar-refractivity contribution >= 4 is 33.6 Å². The monoisotopic (exact) mass is 561 g/mol. The fourth-order valence-corrected chi connectivity index (χ4v) is 5.58. The number of halogens is 1. The number of hydrogen-bond donors (Lipinski definition) is 3. The topological polar surface area (TPSA) is 126 Å². The van der Waals surface area contributed by atoms with Crippen LogP contribution in [0.5, 0.6) is 0 Å². The molecule has 1 saturated carbocycles. The minimum atomic E-state index is -0.534. The van der Waals surface area contributed by atoms with Gasteiger partial charge in [0.25, 0.3) is 5.56 Å². The number of anilines is 2. The molecule has 0 unspecified atom stereocenters. The number of aromatic amines is 1. The second kappa shape index (κ2) is 9.78. The summed E-state index contributed by atoms with van der Waals surface area (Å²) in [6.07, 6.45) is 5.48. The minimum Gasteiger partial charge on any atom is -0.392 e. The van der Waals surface area contributed by atoms with Gasteiger partial charge in [0.2, 0.25) is 5.95 Å². The molecular weight excluding hydrogens is 533 g/mol. The average molecular weight is 562 g/mol. The van der Waals surface area contributed by atoms with Crippen LogP contribution >= 0.6 is 0 Å². The first-order chi connectivity index (χ1) is 20.3. The van der Waals surface area contributed by atoms with E-state index in [0.717, 1.165) is 35.5 Å². The lowest BCUT2D eigenvalue weighted by molar-refractivity contribution is 0.282. The minimum absolute atomic E-state index is 0.0223. The molecule has 0 bridgehead atoms. The van der Waals surface area contributed by atoms with Crippen molar-refractivity contribution < 1.29 is 9.50 Å². The van der Waals surface area contributed by atoms with Gasteiger partial charge >= 0.3 is 0 Å². The Bertz CT molecular complexity index is 2060. The molecular formula is C32H28FN7O2. The van der Waals surface area contributed by atoms with Gasteiger partial charge in [-0.15, -0.1) is 0 Å². The number of benzene rings is 2. The molecule has 9 nitrogen and oxygen atoms in total. The van der Waals surface area contributed by atoms with Crippen LogP contribution in [0.2, 0.25) is 0 Å². The first-order valence-corrected chi connectivity index (χ1v) is 13.7. The van der Waals surface area contributed by atoms with Crippen LogP contribution in [-0.4, -0.2) is 43.7 Å². The Hall–Kier alpha value is -5.09. The Morgan fingerprint density at radius 3 is 2.67 bits per heavy atom. The van der Waals surface area contributed by atoms with Gasteiger partial charge in [0, 0.05) is 54.3 Å². The number of aliphatic hydroxyl groups is 1. The maximum Gasteiger partial charge on any atom is 0.265 e. The third kappa shape index (κ3) is 4.27. The van der Waals surface area contributed by atoms with Crippen molar-refractivity contribution in [3.8, 4) is 28.2 Å². The molecule has 0 aliphatic heterocycles. The Kier molecular flexibility index (Phi) is 6.02. The quantitative estimate of drug-likeness (QED) is 0.257. The highest BCUT2D eigenvalue weighted by atomic mass is 19.1. The number of H-pyrrole nitrogens is 1. The molecule has 210 valence electrons. The summed E-state index contributed by atoms with van der Waals surface area (Å²) in [5.41, 5.74) is 10.7. The lowest BCUT2D eigenvalue weighted by atomic mass is 10.00. The number of rotatable bonds is 6. The van der Waals surface area contributed by atoms with Crippen LogP contribution in [0.3, 0.4) is 0 Å². The molecule has 10 heteroatoms. The molecule has 6 aromatic rings. The second-order valence-electron chi connectivity index (χ2n) is 10.9. The van der Waals surface area contributed by atoms with Gasteiger partial charge in [0.1, 0.15) is 17.3 Å². The summed E-state index contributed by atoms with van der Waals surface area (Å²) in [6.45, 7) is -0.391. The highest BCUT2D eigenvalue weighted by Crippen LogP contribution is 2.41. The molecule has 4 heterocycles.